The quantitative estimate of drug-likeness (QED) is 0.539. The van der Waals surface area contributed by atoms with E-state index in [2.05, 4.69) is 20.9 Å². The van der Waals surface area contributed by atoms with Crippen LogP contribution in [0.25, 0.3) is 0 Å². The molecule has 0 fully saturated rings. The minimum absolute atomic E-state index is 0.0885. The van der Waals surface area contributed by atoms with Crippen molar-refractivity contribution in [1.82, 2.24) is 10.6 Å². The molecule has 0 unspecified atom stereocenters. The molecule has 0 bridgehead atoms. The van der Waals surface area contributed by atoms with Gasteiger partial charge in [0.25, 0.3) is 0 Å². The number of hydrogen-bond donors (Lipinski definition) is 3. The van der Waals surface area contributed by atoms with Gasteiger partial charge in [0.15, 0.2) is 17.5 Å². The van der Waals surface area contributed by atoms with E-state index in [1.54, 1.807) is 0 Å². The maximum atomic E-state index is 11.2. The molecule has 27 heavy (non-hydrogen) atoms. The lowest BCUT2D eigenvalue weighted by atomic mass is 10.2. The summed E-state index contributed by atoms with van der Waals surface area (Å²) in [4.78, 5) is 15.8. The van der Waals surface area contributed by atoms with Gasteiger partial charge in [0.1, 0.15) is 0 Å². The van der Waals surface area contributed by atoms with Gasteiger partial charge in [-0.3, -0.25) is 4.79 Å². The van der Waals surface area contributed by atoms with Crippen LogP contribution < -0.4 is 25.4 Å². The highest BCUT2D eigenvalue weighted by Crippen LogP contribution is 2.32. The topological polar surface area (TPSA) is 84.0 Å². The molecule has 0 saturated heterocycles. The lowest BCUT2D eigenvalue weighted by Crippen LogP contribution is -2.36. The summed E-state index contributed by atoms with van der Waals surface area (Å²) in [6.45, 7) is 5.67. The first-order valence-corrected chi connectivity index (χ1v) is 8.91. The van der Waals surface area contributed by atoms with Crippen LogP contribution in [0.5, 0.6) is 11.5 Å². The molecular formula is C20H24N4O3. The number of rotatable bonds is 6. The molecule has 1 heterocycles. The predicted molar refractivity (Wildman–Crippen MR) is 105 cm³/mol. The highest BCUT2D eigenvalue weighted by atomic mass is 16.7. The zero-order chi connectivity index (χ0) is 19.1. The third kappa shape index (κ3) is 5.37. The van der Waals surface area contributed by atoms with Crippen molar-refractivity contribution in [1.29, 1.82) is 0 Å². The van der Waals surface area contributed by atoms with Crippen LogP contribution in [0.2, 0.25) is 0 Å². The Morgan fingerprint density at radius 3 is 2.74 bits per heavy atom. The second-order valence-corrected chi connectivity index (χ2v) is 6.12. The molecule has 1 aliphatic rings. The summed E-state index contributed by atoms with van der Waals surface area (Å²) in [6, 6.07) is 13.6. The molecule has 0 radical (unpaired) electrons. The maximum Gasteiger partial charge on any atom is 0.231 e. The molecular weight excluding hydrogens is 344 g/mol. The van der Waals surface area contributed by atoms with Gasteiger partial charge in [-0.15, -0.1) is 0 Å². The van der Waals surface area contributed by atoms with Crippen LogP contribution in [0.15, 0.2) is 47.5 Å². The fourth-order valence-corrected chi connectivity index (χ4v) is 2.70. The van der Waals surface area contributed by atoms with Crippen LogP contribution >= 0.6 is 0 Å². The molecule has 0 aliphatic carbocycles. The van der Waals surface area contributed by atoms with Crippen molar-refractivity contribution >= 4 is 17.6 Å². The average molecular weight is 368 g/mol. The Morgan fingerprint density at radius 1 is 1.07 bits per heavy atom. The maximum absolute atomic E-state index is 11.2. The third-order valence-corrected chi connectivity index (χ3v) is 3.91. The fourth-order valence-electron chi connectivity index (χ4n) is 2.70. The van der Waals surface area contributed by atoms with Gasteiger partial charge in [0, 0.05) is 25.7 Å². The van der Waals surface area contributed by atoms with Crippen LogP contribution in [0, 0.1) is 0 Å². The fraction of sp³-hybridized carbons (Fsp3) is 0.300. The molecule has 1 amide bonds. The normalized spacial score (nSPS) is 12.6. The molecule has 0 aromatic heterocycles. The van der Waals surface area contributed by atoms with Crippen molar-refractivity contribution < 1.29 is 14.3 Å². The number of carbonyl (C=O) groups is 1. The van der Waals surface area contributed by atoms with Crippen LogP contribution in [0.4, 0.5) is 5.69 Å². The third-order valence-electron chi connectivity index (χ3n) is 3.91. The van der Waals surface area contributed by atoms with E-state index in [4.69, 9.17) is 9.47 Å². The number of nitrogens with one attached hydrogen (secondary N) is 3. The van der Waals surface area contributed by atoms with Gasteiger partial charge in [0.2, 0.25) is 12.7 Å². The molecule has 3 rings (SSSR count). The summed E-state index contributed by atoms with van der Waals surface area (Å²) in [6.07, 6.45) is 0. The van der Waals surface area contributed by atoms with Gasteiger partial charge in [-0.25, -0.2) is 4.99 Å². The molecule has 0 atom stereocenters. The zero-order valence-corrected chi connectivity index (χ0v) is 15.5. The van der Waals surface area contributed by atoms with Gasteiger partial charge in [-0.2, -0.15) is 0 Å². The summed E-state index contributed by atoms with van der Waals surface area (Å²) in [5, 5.41) is 9.34. The lowest BCUT2D eigenvalue weighted by Gasteiger charge is -2.12. The van der Waals surface area contributed by atoms with E-state index < -0.39 is 0 Å². The molecule has 2 aromatic rings. The highest BCUT2D eigenvalue weighted by Gasteiger charge is 2.13. The van der Waals surface area contributed by atoms with Crippen LogP contribution in [0.3, 0.4) is 0 Å². The van der Waals surface area contributed by atoms with Crippen LogP contribution in [0.1, 0.15) is 25.0 Å². The number of hydrogen-bond acceptors (Lipinski definition) is 4. The minimum Gasteiger partial charge on any atom is -0.454 e. The summed E-state index contributed by atoms with van der Waals surface area (Å²) in [5.74, 6) is 2.18. The number of ether oxygens (including phenoxy) is 2. The van der Waals surface area contributed by atoms with Gasteiger partial charge < -0.3 is 25.4 Å². The Hall–Kier alpha value is -3.22. The molecule has 0 saturated carbocycles. The Morgan fingerprint density at radius 2 is 1.93 bits per heavy atom. The molecule has 3 N–H and O–H groups in total. The second-order valence-electron chi connectivity index (χ2n) is 6.12. The summed E-state index contributed by atoms with van der Waals surface area (Å²) in [7, 11) is 0. The SMILES string of the molecule is CCNC(=NCc1cccc(NC(C)=O)c1)NCc1ccc2c(c1)OCO2. The van der Waals surface area contributed by atoms with Crippen molar-refractivity contribution in [2.24, 2.45) is 4.99 Å². The molecule has 0 spiro atoms. The summed E-state index contributed by atoms with van der Waals surface area (Å²) < 4.78 is 10.7. The van der Waals surface area contributed by atoms with E-state index in [9.17, 15) is 4.79 Å². The van der Waals surface area contributed by atoms with Gasteiger partial charge in [-0.05, 0) is 42.3 Å². The second kappa shape index (κ2) is 8.93. The Bertz CT molecular complexity index is 836. The van der Waals surface area contributed by atoms with Crippen molar-refractivity contribution in [3.05, 3.63) is 53.6 Å². The summed E-state index contributed by atoms with van der Waals surface area (Å²) >= 11 is 0. The number of nitrogens with zero attached hydrogens (tertiary/aromatic N) is 1. The van der Waals surface area contributed by atoms with E-state index in [1.807, 2.05) is 49.4 Å². The van der Waals surface area contributed by atoms with Crippen molar-refractivity contribution in [2.45, 2.75) is 26.9 Å². The Labute approximate surface area is 158 Å². The first-order chi connectivity index (χ1) is 13.1. The van der Waals surface area contributed by atoms with E-state index in [-0.39, 0.29) is 12.7 Å². The van der Waals surface area contributed by atoms with Gasteiger partial charge >= 0.3 is 0 Å². The number of aliphatic imine (C=N–C) groups is 1. The Balaban J connectivity index is 1.62. The molecule has 142 valence electrons. The standard InChI is InChI=1S/C20H24N4O3/c1-3-21-20(22-11-15-5-4-6-17(9-15)24-14(2)25)23-12-16-7-8-18-19(10-16)27-13-26-18/h4-10H,3,11-13H2,1-2H3,(H,24,25)(H2,21,22,23). The Kier molecular flexibility index (Phi) is 6.14. The van der Waals surface area contributed by atoms with Crippen molar-refractivity contribution in [3.8, 4) is 11.5 Å². The molecule has 7 nitrogen and oxygen atoms in total. The molecule has 1 aliphatic heterocycles. The predicted octanol–water partition coefficient (Wildman–Crippen LogP) is 2.63. The molecule has 2 aromatic carbocycles. The van der Waals surface area contributed by atoms with Gasteiger partial charge in [-0.1, -0.05) is 18.2 Å². The zero-order valence-electron chi connectivity index (χ0n) is 15.5. The van der Waals surface area contributed by atoms with E-state index in [1.165, 1.54) is 6.92 Å². The number of carbonyl (C=O) groups excluding carboxylic acids is 1. The number of benzene rings is 2. The first kappa shape index (κ1) is 18.6. The summed E-state index contributed by atoms with van der Waals surface area (Å²) in [5.41, 5.74) is 2.87. The smallest absolute Gasteiger partial charge is 0.231 e. The van der Waals surface area contributed by atoms with E-state index in [0.717, 1.165) is 40.8 Å². The number of anilines is 1. The average Bonchev–Trinajstić information content (AvgIpc) is 3.11. The molecule has 7 heteroatoms. The van der Waals surface area contributed by atoms with Crippen LogP contribution in [-0.2, 0) is 17.9 Å². The number of amides is 1. The van der Waals surface area contributed by atoms with Crippen molar-refractivity contribution in [3.63, 3.8) is 0 Å². The van der Waals surface area contributed by atoms with Gasteiger partial charge in [0.05, 0.1) is 6.54 Å². The van der Waals surface area contributed by atoms with E-state index >= 15 is 0 Å². The largest absolute Gasteiger partial charge is 0.454 e. The highest BCUT2D eigenvalue weighted by molar-refractivity contribution is 5.88. The minimum atomic E-state index is -0.0885. The number of fused-ring (bicyclic) bond motifs is 1. The van der Waals surface area contributed by atoms with Crippen molar-refractivity contribution in [2.75, 3.05) is 18.7 Å². The van der Waals surface area contributed by atoms with E-state index in [0.29, 0.717) is 13.1 Å². The monoisotopic (exact) mass is 368 g/mol. The number of guanidine groups is 1. The van der Waals surface area contributed by atoms with Crippen LogP contribution in [-0.4, -0.2) is 25.2 Å². The lowest BCUT2D eigenvalue weighted by molar-refractivity contribution is -0.114. The first-order valence-electron chi connectivity index (χ1n) is 8.91.